The third-order valence-electron chi connectivity index (χ3n) is 4.09. The van der Waals surface area contributed by atoms with Gasteiger partial charge in [-0.05, 0) is 0 Å². The number of hydrogen-bond acceptors (Lipinski definition) is 1. The molecule has 23 heavy (non-hydrogen) atoms. The van der Waals surface area contributed by atoms with E-state index < -0.39 is 26.9 Å². The van der Waals surface area contributed by atoms with Crippen LogP contribution in [0.5, 0.6) is 0 Å². The van der Waals surface area contributed by atoms with Gasteiger partial charge < -0.3 is 24.8 Å². The summed E-state index contributed by atoms with van der Waals surface area (Å²) in [5.41, 5.74) is 5.66. The number of hydrogen-bond donors (Lipinski definition) is 1. The first-order valence-corrected chi connectivity index (χ1v) is 20.4. The first kappa shape index (κ1) is 20.6. The zero-order chi connectivity index (χ0) is 15.0. The van der Waals surface area contributed by atoms with E-state index in [4.69, 9.17) is 0 Å². The van der Waals surface area contributed by atoms with Gasteiger partial charge in [-0.15, -0.1) is 0 Å². The third kappa shape index (κ3) is 3.98. The fourth-order valence-electron chi connectivity index (χ4n) is 3.24. The second kappa shape index (κ2) is 8.61. The van der Waals surface area contributed by atoms with Gasteiger partial charge in [0.25, 0.3) is 0 Å². The van der Waals surface area contributed by atoms with Gasteiger partial charge in [0.15, 0.2) is 0 Å². The SMILES string of the molecule is CC(=O)[NH][Hf+2]([CH]1c2ccccc2-c2ccccc21)[SiH](C)C.[Cl-].[Cl-]. The Kier molecular flexibility index (Phi) is 7.72. The summed E-state index contributed by atoms with van der Waals surface area (Å²) >= 11 is -2.21. The number of halogens is 2. The van der Waals surface area contributed by atoms with Crippen molar-refractivity contribution in [2.24, 2.45) is 0 Å². The van der Waals surface area contributed by atoms with Crippen LogP contribution in [0.4, 0.5) is 0 Å². The van der Waals surface area contributed by atoms with Crippen molar-refractivity contribution in [3.63, 3.8) is 0 Å². The summed E-state index contributed by atoms with van der Waals surface area (Å²) in [5.74, 6) is -0.664. The largest absolute Gasteiger partial charge is 1.00 e. The molecule has 0 bridgehead atoms. The summed E-state index contributed by atoms with van der Waals surface area (Å²) in [5, 5.41) is 0. The van der Waals surface area contributed by atoms with E-state index in [0.29, 0.717) is 3.67 Å². The van der Waals surface area contributed by atoms with Crippen LogP contribution in [0.2, 0.25) is 13.1 Å². The molecule has 121 valence electrons. The van der Waals surface area contributed by atoms with Gasteiger partial charge in [-0.3, -0.25) is 0 Å². The molecule has 0 saturated carbocycles. The molecule has 0 fully saturated rings. The first-order chi connectivity index (χ1) is 10.1. The van der Waals surface area contributed by atoms with Crippen LogP contribution in [0.1, 0.15) is 21.7 Å². The Hall–Kier alpha value is -0.423. The van der Waals surface area contributed by atoms with E-state index in [0.717, 1.165) is 0 Å². The van der Waals surface area contributed by atoms with E-state index in [1.807, 2.05) is 0 Å². The smallest absolute Gasteiger partial charge is 1.00 e. The Balaban J connectivity index is 0.00000132. The van der Waals surface area contributed by atoms with Crippen LogP contribution in [0.15, 0.2) is 48.5 Å². The van der Waals surface area contributed by atoms with Crippen LogP contribution in [-0.4, -0.2) is 11.9 Å². The van der Waals surface area contributed by atoms with Crippen molar-refractivity contribution in [2.75, 3.05) is 0 Å². The minimum atomic E-state index is -2.21. The van der Waals surface area contributed by atoms with Gasteiger partial charge in [0.1, 0.15) is 0 Å². The van der Waals surface area contributed by atoms with Gasteiger partial charge in [0.2, 0.25) is 0 Å². The summed E-state index contributed by atoms with van der Waals surface area (Å²) < 4.78 is 3.95. The van der Waals surface area contributed by atoms with Crippen molar-refractivity contribution in [1.82, 2.24) is 3.30 Å². The molecular weight excluding hydrogens is 512 g/mol. The Morgan fingerprint density at radius 2 is 1.39 bits per heavy atom. The van der Waals surface area contributed by atoms with E-state index in [9.17, 15) is 4.79 Å². The molecule has 6 heteroatoms. The second-order valence-electron chi connectivity index (χ2n) is 5.90. The summed E-state index contributed by atoms with van der Waals surface area (Å²) in [7, 11) is 0. The van der Waals surface area contributed by atoms with Gasteiger partial charge in [-0.2, -0.15) is 0 Å². The predicted octanol–water partition coefficient (Wildman–Crippen LogP) is -2.58. The van der Waals surface area contributed by atoms with Gasteiger partial charge in [0.05, 0.1) is 0 Å². The standard InChI is InChI=1S/C13H9.C2H5NO.C2H7Si.2ClH.Hf/c1-3-7-12-10(5-1)9-11-6-2-4-8-13(11)12;1-2(3)4;1-3-2;;;/h1-9H;1H3,(H2,3,4);3H,1-2H3;2*1H;/q;;;;;+3/p-3. The predicted molar refractivity (Wildman–Crippen MR) is 86.4 cm³/mol. The molecule has 2 nitrogen and oxygen atoms in total. The van der Waals surface area contributed by atoms with Crippen LogP contribution >= 0.6 is 0 Å². The molecule has 0 atom stereocenters. The number of nitrogens with one attached hydrogen (secondary N) is 1. The summed E-state index contributed by atoms with van der Waals surface area (Å²) in [4.78, 5) is 11.7. The average Bonchev–Trinajstić information content (AvgIpc) is 2.79. The van der Waals surface area contributed by atoms with Crippen molar-refractivity contribution in [3.05, 3.63) is 59.7 Å². The zero-order valence-corrected chi connectivity index (χ0v) is 19.7. The number of fused-ring (bicyclic) bond motifs is 3. The summed E-state index contributed by atoms with van der Waals surface area (Å²) in [6.07, 6.45) is 0. The Morgan fingerprint density at radius 3 is 1.78 bits per heavy atom. The maximum absolute atomic E-state index is 11.7. The van der Waals surface area contributed by atoms with Gasteiger partial charge >= 0.3 is 135 Å². The Morgan fingerprint density at radius 1 is 0.957 bits per heavy atom. The molecule has 0 radical (unpaired) electrons. The fourth-order valence-corrected chi connectivity index (χ4v) is 25.3. The maximum Gasteiger partial charge on any atom is -1.00 e. The molecule has 1 aliphatic carbocycles. The molecule has 0 spiro atoms. The van der Waals surface area contributed by atoms with E-state index in [1.54, 1.807) is 6.92 Å². The molecule has 0 heterocycles. The van der Waals surface area contributed by atoms with Crippen LogP contribution in [-0.2, 0) is 25.7 Å². The molecule has 0 unspecified atom stereocenters. The van der Waals surface area contributed by atoms with E-state index >= 15 is 0 Å². The molecule has 1 N–H and O–H groups in total. The second-order valence-corrected chi connectivity index (χ2v) is 32.0. The molecule has 3 rings (SSSR count). The Labute approximate surface area is 159 Å². The number of carbonyl (C=O) groups excluding carboxylic acids is 1. The van der Waals surface area contributed by atoms with E-state index in [-0.39, 0.29) is 30.7 Å². The topological polar surface area (TPSA) is 29.1 Å². The third-order valence-corrected chi connectivity index (χ3v) is 29.4. The van der Waals surface area contributed by atoms with Gasteiger partial charge in [-0.25, -0.2) is 0 Å². The molecule has 1 aliphatic rings. The molecule has 2 aromatic carbocycles. The molecule has 0 saturated heterocycles. The molecule has 0 aromatic heterocycles. The number of rotatable bonds is 3. The minimum Gasteiger partial charge on any atom is -1.00 e. The number of amides is 1. The average molecular weight is 532 g/mol. The van der Waals surface area contributed by atoms with E-state index in [1.165, 1.54) is 22.3 Å². The van der Waals surface area contributed by atoms with Gasteiger partial charge in [-0.1, -0.05) is 0 Å². The van der Waals surface area contributed by atoms with Crippen LogP contribution in [0.3, 0.4) is 0 Å². The molecule has 0 aliphatic heterocycles. The monoisotopic (exact) mass is 532 g/mol. The molecule has 2 aromatic rings. The summed E-state index contributed by atoms with van der Waals surface area (Å²) in [6, 6.07) is 17.5. The minimum absolute atomic E-state index is 0. The maximum atomic E-state index is 11.7. The Bertz CT molecular complexity index is 650. The fraction of sp³-hybridized carbons (Fsp3) is 0.235. The number of benzene rings is 2. The normalized spacial score (nSPS) is 11.8. The summed E-state index contributed by atoms with van der Waals surface area (Å²) in [6.45, 7) is 6.48. The first-order valence-electron chi connectivity index (χ1n) is 7.42. The van der Waals surface area contributed by atoms with Crippen LogP contribution in [0.25, 0.3) is 11.1 Å². The van der Waals surface area contributed by atoms with Crippen molar-refractivity contribution >= 4 is 11.9 Å². The van der Waals surface area contributed by atoms with Crippen molar-refractivity contribution in [1.29, 1.82) is 0 Å². The van der Waals surface area contributed by atoms with Crippen LogP contribution < -0.4 is 28.1 Å². The zero-order valence-electron chi connectivity index (χ0n) is 13.4. The van der Waals surface area contributed by atoms with Crippen LogP contribution in [0, 0.1) is 0 Å². The van der Waals surface area contributed by atoms with Crippen molar-refractivity contribution < 1.29 is 50.5 Å². The van der Waals surface area contributed by atoms with E-state index in [2.05, 4.69) is 64.9 Å². The number of carbonyl (C=O) groups is 1. The van der Waals surface area contributed by atoms with Crippen molar-refractivity contribution in [2.45, 2.75) is 23.7 Å². The molecule has 1 amide bonds. The van der Waals surface area contributed by atoms with Crippen molar-refractivity contribution in [3.8, 4) is 11.1 Å². The molecular formula is C17H20Cl2HfNOSi. The quantitative estimate of drug-likeness (QED) is 0.433. The van der Waals surface area contributed by atoms with Gasteiger partial charge in [0, 0.05) is 0 Å².